The highest BCUT2D eigenvalue weighted by Crippen LogP contribution is 2.24. The van der Waals surface area contributed by atoms with Crippen LogP contribution in [0.15, 0.2) is 30.3 Å². The van der Waals surface area contributed by atoms with Gasteiger partial charge in [0.1, 0.15) is 0 Å². The summed E-state index contributed by atoms with van der Waals surface area (Å²) in [6.45, 7) is 8.40. The number of aryl methyl sites for hydroxylation is 4. The Balaban J connectivity index is 2.46. The molecule has 0 radical (unpaired) electrons. The van der Waals surface area contributed by atoms with Gasteiger partial charge in [-0.2, -0.15) is 0 Å². The Kier molecular flexibility index (Phi) is 4.01. The highest BCUT2D eigenvalue weighted by molar-refractivity contribution is 5.38. The molecule has 1 atom stereocenters. The Labute approximate surface area is 115 Å². The first-order valence-electron chi connectivity index (χ1n) is 6.71. The maximum Gasteiger partial charge on any atom is 0.0575 e. The number of benzene rings is 1. The molecular weight excluding hydrogens is 232 g/mol. The molecular formula is C17H22N2. The van der Waals surface area contributed by atoms with Gasteiger partial charge >= 0.3 is 0 Å². The van der Waals surface area contributed by atoms with Crippen molar-refractivity contribution >= 4 is 0 Å². The minimum absolute atomic E-state index is 0.222. The zero-order chi connectivity index (χ0) is 14.0. The molecule has 0 bridgehead atoms. The maximum atomic E-state index is 4.45. The molecule has 0 aliphatic carbocycles. The Hall–Kier alpha value is -1.67. The van der Waals surface area contributed by atoms with Crippen LogP contribution in [0.3, 0.4) is 0 Å². The van der Waals surface area contributed by atoms with Crippen molar-refractivity contribution in [3.8, 4) is 0 Å². The van der Waals surface area contributed by atoms with Gasteiger partial charge in [-0.3, -0.25) is 4.98 Å². The van der Waals surface area contributed by atoms with Crippen molar-refractivity contribution in [3.63, 3.8) is 0 Å². The van der Waals surface area contributed by atoms with Crippen LogP contribution in [-0.2, 0) is 0 Å². The molecule has 2 rings (SSSR count). The second-order valence-electron chi connectivity index (χ2n) is 5.25. The minimum Gasteiger partial charge on any atom is -0.309 e. The Morgan fingerprint density at radius 3 is 2.00 bits per heavy atom. The fourth-order valence-corrected chi connectivity index (χ4v) is 2.50. The number of hydrogen-bond acceptors (Lipinski definition) is 2. The summed E-state index contributed by atoms with van der Waals surface area (Å²) in [5, 5.41) is 3.41. The molecule has 0 saturated heterocycles. The molecule has 0 fully saturated rings. The third-order valence-corrected chi connectivity index (χ3v) is 3.59. The van der Waals surface area contributed by atoms with Crippen molar-refractivity contribution in [2.24, 2.45) is 0 Å². The molecule has 0 spiro atoms. The average molecular weight is 254 g/mol. The van der Waals surface area contributed by atoms with Gasteiger partial charge < -0.3 is 5.32 Å². The molecule has 1 unspecified atom stereocenters. The van der Waals surface area contributed by atoms with Gasteiger partial charge in [0.05, 0.1) is 6.04 Å². The van der Waals surface area contributed by atoms with Crippen molar-refractivity contribution in [2.45, 2.75) is 33.7 Å². The van der Waals surface area contributed by atoms with E-state index in [0.717, 1.165) is 11.4 Å². The summed E-state index contributed by atoms with van der Waals surface area (Å²) in [5.74, 6) is 0. The van der Waals surface area contributed by atoms with E-state index in [4.69, 9.17) is 0 Å². The summed E-state index contributed by atoms with van der Waals surface area (Å²) >= 11 is 0. The smallest absolute Gasteiger partial charge is 0.0575 e. The highest BCUT2D eigenvalue weighted by atomic mass is 14.9. The first kappa shape index (κ1) is 13.8. The van der Waals surface area contributed by atoms with E-state index in [9.17, 15) is 0 Å². The number of rotatable bonds is 3. The lowest BCUT2D eigenvalue weighted by atomic mass is 9.95. The van der Waals surface area contributed by atoms with E-state index in [1.807, 2.05) is 20.9 Å². The summed E-state index contributed by atoms with van der Waals surface area (Å²) in [6.07, 6.45) is 0. The van der Waals surface area contributed by atoms with Crippen molar-refractivity contribution in [1.29, 1.82) is 0 Å². The van der Waals surface area contributed by atoms with Crippen molar-refractivity contribution in [3.05, 3.63) is 64.0 Å². The second kappa shape index (κ2) is 5.54. The van der Waals surface area contributed by atoms with Crippen LogP contribution in [0, 0.1) is 27.7 Å². The molecule has 100 valence electrons. The van der Waals surface area contributed by atoms with Crippen LogP contribution in [0.4, 0.5) is 0 Å². The summed E-state index contributed by atoms with van der Waals surface area (Å²) in [6, 6.07) is 11.2. The van der Waals surface area contributed by atoms with E-state index in [1.54, 1.807) is 0 Å². The number of pyridine rings is 1. The quantitative estimate of drug-likeness (QED) is 0.905. The molecule has 0 saturated carbocycles. The van der Waals surface area contributed by atoms with E-state index in [-0.39, 0.29) is 6.04 Å². The zero-order valence-electron chi connectivity index (χ0n) is 12.4. The summed E-state index contributed by atoms with van der Waals surface area (Å²) in [4.78, 5) is 4.45. The molecule has 2 nitrogen and oxygen atoms in total. The normalized spacial score (nSPS) is 12.5. The third kappa shape index (κ3) is 3.02. The fourth-order valence-electron chi connectivity index (χ4n) is 2.50. The van der Waals surface area contributed by atoms with Crippen LogP contribution in [0.25, 0.3) is 0 Å². The molecule has 0 aliphatic rings. The number of hydrogen-bond donors (Lipinski definition) is 1. The van der Waals surface area contributed by atoms with Gasteiger partial charge in [0.25, 0.3) is 0 Å². The Morgan fingerprint density at radius 2 is 1.47 bits per heavy atom. The standard InChI is InChI=1S/C17H22N2/c1-11-6-7-15(8-12(11)2)17(18-5)16-9-13(3)19-14(4)10-16/h6-10,17-18H,1-5H3. The lowest BCUT2D eigenvalue weighted by Crippen LogP contribution is -2.18. The lowest BCUT2D eigenvalue weighted by Gasteiger charge is -2.19. The maximum absolute atomic E-state index is 4.45. The largest absolute Gasteiger partial charge is 0.309 e. The molecule has 0 aliphatic heterocycles. The van der Waals surface area contributed by atoms with E-state index in [2.05, 4.69) is 54.5 Å². The average Bonchev–Trinajstić information content (AvgIpc) is 2.33. The Morgan fingerprint density at radius 1 is 0.842 bits per heavy atom. The van der Waals surface area contributed by atoms with Crippen LogP contribution in [0.1, 0.15) is 39.7 Å². The van der Waals surface area contributed by atoms with Crippen LogP contribution in [0.2, 0.25) is 0 Å². The van der Waals surface area contributed by atoms with E-state index in [0.29, 0.717) is 0 Å². The predicted molar refractivity (Wildman–Crippen MR) is 80.5 cm³/mol. The first-order valence-corrected chi connectivity index (χ1v) is 6.71. The van der Waals surface area contributed by atoms with Crippen molar-refractivity contribution in [1.82, 2.24) is 10.3 Å². The third-order valence-electron chi connectivity index (χ3n) is 3.59. The second-order valence-corrected chi connectivity index (χ2v) is 5.25. The monoisotopic (exact) mass is 254 g/mol. The van der Waals surface area contributed by atoms with Gasteiger partial charge in [0.2, 0.25) is 0 Å². The molecule has 1 aromatic carbocycles. The highest BCUT2D eigenvalue weighted by Gasteiger charge is 2.13. The summed E-state index contributed by atoms with van der Waals surface area (Å²) in [7, 11) is 2.00. The zero-order valence-corrected chi connectivity index (χ0v) is 12.4. The van der Waals surface area contributed by atoms with E-state index in [1.165, 1.54) is 22.3 Å². The topological polar surface area (TPSA) is 24.9 Å². The first-order chi connectivity index (χ1) is 9.01. The fraction of sp³-hybridized carbons (Fsp3) is 0.353. The molecule has 0 amide bonds. The van der Waals surface area contributed by atoms with Crippen molar-refractivity contribution < 1.29 is 0 Å². The van der Waals surface area contributed by atoms with Gasteiger partial charge in [-0.15, -0.1) is 0 Å². The summed E-state index contributed by atoms with van der Waals surface area (Å²) < 4.78 is 0. The van der Waals surface area contributed by atoms with Crippen LogP contribution in [-0.4, -0.2) is 12.0 Å². The number of aromatic nitrogens is 1. The van der Waals surface area contributed by atoms with Crippen molar-refractivity contribution in [2.75, 3.05) is 7.05 Å². The van der Waals surface area contributed by atoms with Gasteiger partial charge in [-0.05, 0) is 69.1 Å². The molecule has 1 aromatic heterocycles. The molecule has 1 N–H and O–H groups in total. The Bertz CT molecular complexity index is 568. The van der Waals surface area contributed by atoms with Gasteiger partial charge in [-0.1, -0.05) is 18.2 Å². The van der Waals surface area contributed by atoms with Gasteiger partial charge in [0.15, 0.2) is 0 Å². The number of nitrogens with one attached hydrogen (secondary N) is 1. The van der Waals surface area contributed by atoms with Crippen LogP contribution < -0.4 is 5.32 Å². The van der Waals surface area contributed by atoms with Gasteiger partial charge in [0, 0.05) is 11.4 Å². The molecule has 2 aromatic rings. The lowest BCUT2D eigenvalue weighted by molar-refractivity contribution is 0.688. The van der Waals surface area contributed by atoms with E-state index < -0.39 is 0 Å². The predicted octanol–water partition coefficient (Wildman–Crippen LogP) is 3.62. The van der Waals surface area contributed by atoms with E-state index >= 15 is 0 Å². The number of nitrogens with zero attached hydrogens (tertiary/aromatic N) is 1. The van der Waals surface area contributed by atoms with Crippen LogP contribution in [0.5, 0.6) is 0 Å². The SMILES string of the molecule is CNC(c1cc(C)nc(C)c1)c1ccc(C)c(C)c1. The minimum atomic E-state index is 0.222. The molecule has 19 heavy (non-hydrogen) atoms. The molecule has 2 heteroatoms. The van der Waals surface area contributed by atoms with Crippen LogP contribution >= 0.6 is 0 Å². The van der Waals surface area contributed by atoms with Gasteiger partial charge in [-0.25, -0.2) is 0 Å². The summed E-state index contributed by atoms with van der Waals surface area (Å²) in [5.41, 5.74) is 7.38. The molecule has 1 heterocycles.